The number of methoxy groups -OCH3 is 1. The van der Waals surface area contributed by atoms with Gasteiger partial charge in [-0.2, -0.15) is 0 Å². The molecular weight excluding hydrogens is 364 g/mol. The summed E-state index contributed by atoms with van der Waals surface area (Å²) in [7, 11) is 1.29. The molecule has 0 aliphatic carbocycles. The Balaban J connectivity index is 1.82. The molecule has 0 bridgehead atoms. The number of carbonyl (C=O) groups is 1. The van der Waals surface area contributed by atoms with Gasteiger partial charge in [-0.05, 0) is 31.2 Å². The van der Waals surface area contributed by atoms with E-state index >= 15 is 0 Å². The Morgan fingerprint density at radius 2 is 2.20 bits per heavy atom. The highest BCUT2D eigenvalue weighted by Crippen LogP contribution is 2.27. The number of amides is 1. The second kappa shape index (κ2) is 7.12. The van der Waals surface area contributed by atoms with Crippen molar-refractivity contribution in [2.75, 3.05) is 17.7 Å². The fourth-order valence-electron chi connectivity index (χ4n) is 2.33. The number of nitrogens with zero attached hydrogens (tertiary/aromatic N) is 1. The van der Waals surface area contributed by atoms with Crippen LogP contribution in [0.1, 0.15) is 18.5 Å². The third-order valence-corrected chi connectivity index (χ3v) is 4.64. The van der Waals surface area contributed by atoms with E-state index in [0.29, 0.717) is 20.7 Å². The Kier molecular flexibility index (Phi) is 4.91. The van der Waals surface area contributed by atoms with Crippen LogP contribution in [0.25, 0.3) is 10.9 Å². The van der Waals surface area contributed by atoms with Crippen molar-refractivity contribution >= 4 is 50.1 Å². The van der Waals surface area contributed by atoms with Crippen molar-refractivity contribution in [1.82, 2.24) is 9.97 Å². The molecule has 3 rings (SSSR count). The number of halogens is 1. The average molecular weight is 379 g/mol. The molecule has 7 nitrogen and oxygen atoms in total. The van der Waals surface area contributed by atoms with Crippen LogP contribution in [0, 0.1) is 0 Å². The molecule has 0 saturated carbocycles. The van der Waals surface area contributed by atoms with Gasteiger partial charge in [0.15, 0.2) is 5.13 Å². The van der Waals surface area contributed by atoms with Crippen LogP contribution < -0.4 is 16.2 Å². The van der Waals surface area contributed by atoms with Crippen molar-refractivity contribution in [3.8, 4) is 0 Å². The monoisotopic (exact) mass is 378 g/mol. The van der Waals surface area contributed by atoms with E-state index in [4.69, 9.17) is 11.6 Å². The SMILES string of the molecule is COC(=O)Nc1cnc(N[C@@H](C)c2cc3cc(Cl)ccc3[nH]c2=O)s1. The van der Waals surface area contributed by atoms with E-state index < -0.39 is 6.09 Å². The summed E-state index contributed by atoms with van der Waals surface area (Å²) in [4.78, 5) is 30.5. The lowest BCUT2D eigenvalue weighted by Crippen LogP contribution is -2.19. The van der Waals surface area contributed by atoms with Crippen LogP contribution in [-0.2, 0) is 4.74 Å². The second-order valence-corrected chi connectivity index (χ2v) is 6.76. The zero-order chi connectivity index (χ0) is 18.0. The summed E-state index contributed by atoms with van der Waals surface area (Å²) in [5.41, 5.74) is 1.11. The Morgan fingerprint density at radius 1 is 1.40 bits per heavy atom. The number of benzene rings is 1. The minimum Gasteiger partial charge on any atom is -0.453 e. The van der Waals surface area contributed by atoms with E-state index in [0.717, 1.165) is 10.9 Å². The van der Waals surface area contributed by atoms with Crippen molar-refractivity contribution < 1.29 is 9.53 Å². The van der Waals surface area contributed by atoms with Gasteiger partial charge in [0, 0.05) is 21.5 Å². The van der Waals surface area contributed by atoms with Gasteiger partial charge in [-0.25, -0.2) is 9.78 Å². The molecule has 1 aromatic carbocycles. The molecule has 3 aromatic rings. The van der Waals surface area contributed by atoms with Crippen LogP contribution in [0.5, 0.6) is 0 Å². The van der Waals surface area contributed by atoms with Crippen LogP contribution in [0.4, 0.5) is 14.9 Å². The van der Waals surface area contributed by atoms with E-state index in [1.165, 1.54) is 24.6 Å². The van der Waals surface area contributed by atoms with Gasteiger partial charge in [0.25, 0.3) is 5.56 Å². The van der Waals surface area contributed by atoms with Crippen molar-refractivity contribution in [3.63, 3.8) is 0 Å². The molecular formula is C16H15ClN4O3S. The molecule has 0 spiro atoms. The highest BCUT2D eigenvalue weighted by atomic mass is 35.5. The molecule has 0 aliphatic rings. The molecule has 0 aliphatic heterocycles. The minimum absolute atomic E-state index is 0.181. The summed E-state index contributed by atoms with van der Waals surface area (Å²) < 4.78 is 4.53. The Morgan fingerprint density at radius 3 is 2.96 bits per heavy atom. The summed E-state index contributed by atoms with van der Waals surface area (Å²) in [5.74, 6) is 0. The van der Waals surface area contributed by atoms with Gasteiger partial charge in [0.1, 0.15) is 5.00 Å². The van der Waals surface area contributed by atoms with Crippen LogP contribution in [0.15, 0.2) is 35.3 Å². The molecule has 2 heterocycles. The summed E-state index contributed by atoms with van der Waals surface area (Å²) >= 11 is 7.26. The minimum atomic E-state index is -0.564. The van der Waals surface area contributed by atoms with E-state index in [9.17, 15) is 9.59 Å². The fourth-order valence-corrected chi connectivity index (χ4v) is 3.30. The Bertz CT molecular complexity index is 985. The first-order chi connectivity index (χ1) is 12.0. The molecule has 1 amide bonds. The number of aromatic nitrogens is 2. The normalized spacial score (nSPS) is 12.0. The Hall–Kier alpha value is -2.58. The molecule has 25 heavy (non-hydrogen) atoms. The maximum Gasteiger partial charge on any atom is 0.412 e. The van der Waals surface area contributed by atoms with E-state index in [1.54, 1.807) is 24.3 Å². The largest absolute Gasteiger partial charge is 0.453 e. The zero-order valence-corrected chi connectivity index (χ0v) is 15.0. The number of aromatic amines is 1. The summed E-state index contributed by atoms with van der Waals surface area (Å²) in [6.07, 6.45) is 0.951. The first-order valence-corrected chi connectivity index (χ1v) is 8.55. The van der Waals surface area contributed by atoms with Gasteiger partial charge >= 0.3 is 6.09 Å². The van der Waals surface area contributed by atoms with Gasteiger partial charge in [0.05, 0.1) is 19.3 Å². The number of hydrogen-bond acceptors (Lipinski definition) is 6. The quantitative estimate of drug-likeness (QED) is 0.637. The fraction of sp³-hybridized carbons (Fsp3) is 0.188. The predicted octanol–water partition coefficient (Wildman–Crippen LogP) is 3.99. The first-order valence-electron chi connectivity index (χ1n) is 7.36. The molecule has 0 radical (unpaired) electrons. The number of hydrogen-bond donors (Lipinski definition) is 3. The van der Waals surface area contributed by atoms with Crippen molar-refractivity contribution in [1.29, 1.82) is 0 Å². The smallest absolute Gasteiger partial charge is 0.412 e. The molecule has 2 aromatic heterocycles. The standard InChI is InChI=1S/C16H15ClN4O3S/c1-8(19-15-18-7-13(25-15)21-16(23)24-2)11-6-9-5-10(17)3-4-12(9)20-14(11)22/h3-8H,1-2H3,(H,18,19)(H,20,22)(H,21,23)/t8-/m0/s1. The first kappa shape index (κ1) is 17.2. The van der Waals surface area contributed by atoms with Gasteiger partial charge < -0.3 is 15.0 Å². The molecule has 130 valence electrons. The Labute approximate surface area is 152 Å². The predicted molar refractivity (Wildman–Crippen MR) is 99.8 cm³/mol. The number of nitrogens with one attached hydrogen (secondary N) is 3. The molecule has 0 fully saturated rings. The topological polar surface area (TPSA) is 96.1 Å². The lowest BCUT2D eigenvalue weighted by Gasteiger charge is -2.13. The number of ether oxygens (including phenoxy) is 1. The molecule has 1 atom stereocenters. The highest BCUT2D eigenvalue weighted by Gasteiger charge is 2.14. The maximum absolute atomic E-state index is 12.3. The number of thiazole rings is 1. The molecule has 3 N–H and O–H groups in total. The lowest BCUT2D eigenvalue weighted by atomic mass is 10.1. The summed E-state index contributed by atoms with van der Waals surface area (Å²) in [5, 5.41) is 8.26. The van der Waals surface area contributed by atoms with Crippen molar-refractivity contribution in [3.05, 3.63) is 51.4 Å². The molecule has 0 unspecified atom stereocenters. The number of rotatable bonds is 4. The molecule has 9 heteroatoms. The number of carbonyl (C=O) groups excluding carboxylic acids is 1. The summed E-state index contributed by atoms with van der Waals surface area (Å²) in [6, 6.07) is 6.81. The highest BCUT2D eigenvalue weighted by molar-refractivity contribution is 7.19. The van der Waals surface area contributed by atoms with E-state index in [2.05, 4.69) is 25.3 Å². The van der Waals surface area contributed by atoms with Crippen LogP contribution in [-0.4, -0.2) is 23.2 Å². The third-order valence-electron chi connectivity index (χ3n) is 3.56. The van der Waals surface area contributed by atoms with E-state index in [1.807, 2.05) is 6.92 Å². The number of anilines is 2. The van der Waals surface area contributed by atoms with Gasteiger partial charge in [-0.3, -0.25) is 10.1 Å². The van der Waals surface area contributed by atoms with Crippen LogP contribution in [0.3, 0.4) is 0 Å². The number of pyridine rings is 1. The third kappa shape index (κ3) is 3.92. The van der Waals surface area contributed by atoms with Gasteiger partial charge in [-0.15, -0.1) is 0 Å². The number of fused-ring (bicyclic) bond motifs is 1. The number of H-pyrrole nitrogens is 1. The second-order valence-electron chi connectivity index (χ2n) is 5.30. The lowest BCUT2D eigenvalue weighted by molar-refractivity contribution is 0.187. The van der Waals surface area contributed by atoms with Crippen molar-refractivity contribution in [2.24, 2.45) is 0 Å². The summed E-state index contributed by atoms with van der Waals surface area (Å²) in [6.45, 7) is 1.86. The van der Waals surface area contributed by atoms with Crippen LogP contribution in [0.2, 0.25) is 5.02 Å². The maximum atomic E-state index is 12.3. The van der Waals surface area contributed by atoms with E-state index in [-0.39, 0.29) is 11.6 Å². The zero-order valence-electron chi connectivity index (χ0n) is 13.4. The van der Waals surface area contributed by atoms with Crippen molar-refractivity contribution in [2.45, 2.75) is 13.0 Å². The van der Waals surface area contributed by atoms with Gasteiger partial charge in [-0.1, -0.05) is 22.9 Å². The van der Waals surface area contributed by atoms with Gasteiger partial charge in [0.2, 0.25) is 0 Å². The van der Waals surface area contributed by atoms with Crippen LogP contribution >= 0.6 is 22.9 Å². The average Bonchev–Trinajstić information content (AvgIpc) is 3.01. The molecule has 0 saturated heterocycles.